The molecule has 2 aromatic rings. The van der Waals surface area contributed by atoms with Crippen molar-refractivity contribution in [1.82, 2.24) is 10.2 Å². The molecule has 0 aliphatic heterocycles. The van der Waals surface area contributed by atoms with Crippen LogP contribution in [0.25, 0.3) is 10.9 Å². The monoisotopic (exact) mass is 174 g/mol. The van der Waals surface area contributed by atoms with Crippen LogP contribution in [-0.2, 0) is 0 Å². The molecule has 0 spiro atoms. The van der Waals surface area contributed by atoms with E-state index in [2.05, 4.69) is 10.2 Å². The number of rotatable bonds is 0. The van der Waals surface area contributed by atoms with Crippen LogP contribution in [0.2, 0.25) is 5.02 Å². The van der Waals surface area contributed by atoms with Crippen LogP contribution in [0.5, 0.6) is 0 Å². The number of aromatic nitrogens is 2. The van der Waals surface area contributed by atoms with Crippen molar-refractivity contribution in [3.8, 4) is 0 Å². The Hall–Kier alpha value is -0.0200. The van der Waals surface area contributed by atoms with Crippen molar-refractivity contribution in [2.24, 2.45) is 0 Å². The van der Waals surface area contributed by atoms with E-state index in [1.807, 2.05) is 18.2 Å². The number of fused-ring (bicyclic) bond motifs is 1. The first kappa shape index (κ1) is 9.07. The molecule has 1 heterocycles. The molecule has 0 saturated carbocycles. The standard InChI is InChI=1S/C7H4ClN2.Na/c8-6-2-1-3-7-5(6)4-9-10-7;/h1-4H;/q-1;+1. The maximum absolute atomic E-state index is 5.82. The minimum atomic E-state index is 0. The van der Waals surface area contributed by atoms with E-state index in [4.69, 9.17) is 11.6 Å². The summed E-state index contributed by atoms with van der Waals surface area (Å²) >= 11 is 5.82. The third kappa shape index (κ3) is 1.59. The Morgan fingerprint density at radius 2 is 2.18 bits per heavy atom. The molecule has 0 radical (unpaired) electrons. The Morgan fingerprint density at radius 3 is 2.91 bits per heavy atom. The number of benzene rings is 1. The molecule has 0 unspecified atom stereocenters. The quantitative estimate of drug-likeness (QED) is 0.472. The summed E-state index contributed by atoms with van der Waals surface area (Å²) < 4.78 is 0. The molecule has 0 aliphatic carbocycles. The molecular weight excluding hydrogens is 171 g/mol. The molecule has 1 aromatic carbocycles. The van der Waals surface area contributed by atoms with Gasteiger partial charge in [0.1, 0.15) is 0 Å². The first-order valence-corrected chi connectivity index (χ1v) is 3.28. The average molecular weight is 175 g/mol. The zero-order chi connectivity index (χ0) is 6.97. The zero-order valence-corrected chi connectivity index (χ0v) is 8.84. The van der Waals surface area contributed by atoms with Crippen LogP contribution in [0.4, 0.5) is 0 Å². The van der Waals surface area contributed by atoms with Gasteiger partial charge in [-0.05, 0) is 11.5 Å². The van der Waals surface area contributed by atoms with Gasteiger partial charge in [0.2, 0.25) is 0 Å². The van der Waals surface area contributed by atoms with Crippen molar-refractivity contribution >= 4 is 22.5 Å². The molecule has 11 heavy (non-hydrogen) atoms. The molecule has 2 rings (SSSR count). The zero-order valence-electron chi connectivity index (χ0n) is 6.08. The van der Waals surface area contributed by atoms with Gasteiger partial charge in [-0.2, -0.15) is 0 Å². The fourth-order valence-electron chi connectivity index (χ4n) is 0.889. The Balaban J connectivity index is 0.000000605. The van der Waals surface area contributed by atoms with Crippen molar-refractivity contribution in [2.45, 2.75) is 0 Å². The normalized spacial score (nSPS) is 9.55. The van der Waals surface area contributed by atoms with Gasteiger partial charge in [-0.1, -0.05) is 23.7 Å². The Labute approximate surface area is 91.2 Å². The molecule has 50 valence electrons. The van der Waals surface area contributed by atoms with Gasteiger partial charge in [-0.25, -0.2) is 0 Å². The van der Waals surface area contributed by atoms with Crippen LogP contribution >= 0.6 is 11.6 Å². The molecule has 0 aliphatic rings. The van der Waals surface area contributed by atoms with Crippen molar-refractivity contribution in [2.75, 3.05) is 0 Å². The summed E-state index contributed by atoms with van der Waals surface area (Å²) in [6, 6.07) is 5.57. The Bertz CT molecular complexity index is 358. The summed E-state index contributed by atoms with van der Waals surface area (Å²) in [6.07, 6.45) is 1.66. The minimum absolute atomic E-state index is 0. The summed E-state index contributed by atoms with van der Waals surface area (Å²) in [7, 11) is 0. The summed E-state index contributed by atoms with van der Waals surface area (Å²) in [6.45, 7) is 0. The van der Waals surface area contributed by atoms with Gasteiger partial charge in [-0.3, -0.25) is 0 Å². The van der Waals surface area contributed by atoms with Crippen molar-refractivity contribution in [1.29, 1.82) is 0 Å². The Kier molecular flexibility index (Phi) is 2.96. The minimum Gasteiger partial charge on any atom is -0.575 e. The van der Waals surface area contributed by atoms with Crippen molar-refractivity contribution in [3.63, 3.8) is 0 Å². The first-order chi connectivity index (χ1) is 4.88. The van der Waals surface area contributed by atoms with E-state index in [0.717, 1.165) is 10.9 Å². The number of nitrogens with zero attached hydrogens (tertiary/aromatic N) is 2. The largest absolute Gasteiger partial charge is 1.00 e. The molecule has 0 fully saturated rings. The number of halogens is 1. The average Bonchev–Trinajstić information content (AvgIpc) is 2.36. The van der Waals surface area contributed by atoms with Crippen LogP contribution in [0.1, 0.15) is 0 Å². The van der Waals surface area contributed by atoms with Gasteiger partial charge in [0.25, 0.3) is 0 Å². The number of hydrogen-bond acceptors (Lipinski definition) is 1. The van der Waals surface area contributed by atoms with Gasteiger partial charge < -0.3 is 10.2 Å². The van der Waals surface area contributed by atoms with Crippen LogP contribution in [-0.4, -0.2) is 5.10 Å². The predicted octanol–water partition coefficient (Wildman–Crippen LogP) is -1.15. The van der Waals surface area contributed by atoms with Crippen LogP contribution in [0.15, 0.2) is 24.4 Å². The summed E-state index contributed by atoms with van der Waals surface area (Å²) in [5.74, 6) is 0. The fourth-order valence-corrected chi connectivity index (χ4v) is 1.11. The molecule has 0 bridgehead atoms. The molecule has 0 amide bonds. The van der Waals surface area contributed by atoms with E-state index in [0.29, 0.717) is 5.02 Å². The van der Waals surface area contributed by atoms with E-state index in [1.54, 1.807) is 6.20 Å². The van der Waals surface area contributed by atoms with Gasteiger partial charge in [-0.15, -0.1) is 5.52 Å². The van der Waals surface area contributed by atoms with E-state index < -0.39 is 0 Å². The van der Waals surface area contributed by atoms with Gasteiger partial charge in [0.05, 0.1) is 0 Å². The SMILES string of the molecule is Clc1cccc2[n-]ncc12.[Na+]. The van der Waals surface area contributed by atoms with E-state index >= 15 is 0 Å². The van der Waals surface area contributed by atoms with E-state index in [-0.39, 0.29) is 29.6 Å². The maximum atomic E-state index is 5.82. The second-order valence-corrected chi connectivity index (χ2v) is 2.42. The molecule has 0 saturated heterocycles. The molecule has 0 atom stereocenters. The smallest absolute Gasteiger partial charge is 0.575 e. The topological polar surface area (TPSA) is 27.0 Å². The van der Waals surface area contributed by atoms with E-state index in [1.165, 1.54) is 0 Å². The van der Waals surface area contributed by atoms with Gasteiger partial charge in [0, 0.05) is 11.2 Å². The summed E-state index contributed by atoms with van der Waals surface area (Å²) in [5, 5.41) is 9.20. The van der Waals surface area contributed by atoms with Crippen molar-refractivity contribution in [3.05, 3.63) is 29.4 Å². The molecule has 2 nitrogen and oxygen atoms in total. The first-order valence-electron chi connectivity index (χ1n) is 2.90. The fraction of sp³-hybridized carbons (Fsp3) is 0. The number of hydrogen-bond donors (Lipinski definition) is 0. The maximum Gasteiger partial charge on any atom is 1.00 e. The van der Waals surface area contributed by atoms with E-state index in [9.17, 15) is 0 Å². The second-order valence-electron chi connectivity index (χ2n) is 2.02. The molecule has 0 N–H and O–H groups in total. The summed E-state index contributed by atoms with van der Waals surface area (Å²) in [5.41, 5.74) is 0.854. The third-order valence-electron chi connectivity index (χ3n) is 1.38. The van der Waals surface area contributed by atoms with Crippen LogP contribution in [0, 0.1) is 0 Å². The van der Waals surface area contributed by atoms with Crippen LogP contribution in [0.3, 0.4) is 0 Å². The van der Waals surface area contributed by atoms with Gasteiger partial charge in [0.15, 0.2) is 0 Å². The molecule has 1 aromatic heterocycles. The van der Waals surface area contributed by atoms with Gasteiger partial charge >= 0.3 is 29.6 Å². The van der Waals surface area contributed by atoms with Crippen LogP contribution < -0.4 is 34.7 Å². The molecular formula is C7H4ClN2Na. The summed E-state index contributed by atoms with van der Waals surface area (Å²) in [4.78, 5) is 0. The predicted molar refractivity (Wildman–Crippen MR) is 40.1 cm³/mol. The van der Waals surface area contributed by atoms with Crippen molar-refractivity contribution < 1.29 is 29.6 Å². The Morgan fingerprint density at radius 1 is 1.36 bits per heavy atom. The second kappa shape index (κ2) is 3.59. The molecule has 4 heteroatoms. The third-order valence-corrected chi connectivity index (χ3v) is 1.71.